The van der Waals surface area contributed by atoms with Crippen molar-refractivity contribution in [3.05, 3.63) is 77.8 Å². The van der Waals surface area contributed by atoms with Crippen molar-refractivity contribution in [2.75, 3.05) is 0 Å². The number of benzene rings is 2. The van der Waals surface area contributed by atoms with Gasteiger partial charge in [0.15, 0.2) is 5.76 Å². The summed E-state index contributed by atoms with van der Waals surface area (Å²) in [7, 11) is 0. The molecule has 0 fully saturated rings. The fourth-order valence-electron chi connectivity index (χ4n) is 3.32. The zero-order chi connectivity index (χ0) is 17.2. The highest BCUT2D eigenvalue weighted by molar-refractivity contribution is 5.80. The van der Waals surface area contributed by atoms with Crippen LogP contribution < -0.4 is 5.73 Å². The average Bonchev–Trinajstić information content (AvgIpc) is 3.10. The van der Waals surface area contributed by atoms with Crippen LogP contribution in [0, 0.1) is 0 Å². The van der Waals surface area contributed by atoms with Crippen molar-refractivity contribution >= 4 is 5.91 Å². The van der Waals surface area contributed by atoms with Crippen molar-refractivity contribution < 1.29 is 9.21 Å². The molecule has 0 spiro atoms. The number of carbonyl (C=O) groups excluding carboxylic acids is 1. The Morgan fingerprint density at radius 3 is 2.60 bits per heavy atom. The number of rotatable bonds is 4. The number of aromatic nitrogens is 1. The highest BCUT2D eigenvalue weighted by Gasteiger charge is 2.30. The standard InChI is InChI=1S/C20H19N3O2/c21-20(24)17-10-15-8-4-5-9-16(15)12-23(17)13-19-22-11-18(25-19)14-6-2-1-3-7-14/h1-9,11,17H,10,12-13H2,(H2,21,24). The molecule has 1 amide bonds. The minimum Gasteiger partial charge on any atom is -0.439 e. The summed E-state index contributed by atoms with van der Waals surface area (Å²) in [5.41, 5.74) is 9.01. The lowest BCUT2D eigenvalue weighted by Gasteiger charge is -2.34. The molecule has 2 N–H and O–H groups in total. The van der Waals surface area contributed by atoms with E-state index in [0.29, 0.717) is 25.4 Å². The van der Waals surface area contributed by atoms with Crippen LogP contribution in [0.2, 0.25) is 0 Å². The number of hydrogen-bond donors (Lipinski definition) is 1. The van der Waals surface area contributed by atoms with E-state index in [1.165, 1.54) is 11.1 Å². The molecule has 3 aromatic rings. The van der Waals surface area contributed by atoms with E-state index in [9.17, 15) is 4.79 Å². The summed E-state index contributed by atoms with van der Waals surface area (Å²) < 4.78 is 5.88. The maximum absolute atomic E-state index is 11.9. The van der Waals surface area contributed by atoms with E-state index in [4.69, 9.17) is 10.2 Å². The molecule has 0 saturated carbocycles. The smallest absolute Gasteiger partial charge is 0.235 e. The van der Waals surface area contributed by atoms with Gasteiger partial charge in [0.1, 0.15) is 0 Å². The highest BCUT2D eigenvalue weighted by Crippen LogP contribution is 2.26. The van der Waals surface area contributed by atoms with Crippen LogP contribution in [0.5, 0.6) is 0 Å². The van der Waals surface area contributed by atoms with Gasteiger partial charge in [0.05, 0.1) is 18.8 Å². The Labute approximate surface area is 146 Å². The van der Waals surface area contributed by atoms with Crippen LogP contribution in [0.15, 0.2) is 65.2 Å². The van der Waals surface area contributed by atoms with E-state index in [0.717, 1.165) is 11.3 Å². The Hall–Kier alpha value is -2.92. The molecule has 5 nitrogen and oxygen atoms in total. The van der Waals surface area contributed by atoms with Gasteiger partial charge in [0.2, 0.25) is 11.8 Å². The lowest BCUT2D eigenvalue weighted by atomic mass is 9.93. The van der Waals surface area contributed by atoms with Crippen molar-refractivity contribution in [2.24, 2.45) is 5.73 Å². The molecule has 0 saturated heterocycles. The molecule has 0 radical (unpaired) electrons. The van der Waals surface area contributed by atoms with Gasteiger partial charge in [0, 0.05) is 12.1 Å². The third-order valence-corrected chi connectivity index (χ3v) is 4.62. The number of nitrogens with zero attached hydrogens (tertiary/aromatic N) is 2. The van der Waals surface area contributed by atoms with Crippen molar-refractivity contribution in [1.29, 1.82) is 0 Å². The molecule has 1 atom stereocenters. The predicted molar refractivity (Wildman–Crippen MR) is 94.3 cm³/mol. The summed E-state index contributed by atoms with van der Waals surface area (Å²) in [5.74, 6) is 0.998. The zero-order valence-corrected chi connectivity index (χ0v) is 13.8. The van der Waals surface area contributed by atoms with Gasteiger partial charge in [-0.25, -0.2) is 4.98 Å². The molecule has 2 aromatic carbocycles. The van der Waals surface area contributed by atoms with Crippen molar-refractivity contribution in [1.82, 2.24) is 9.88 Å². The average molecular weight is 333 g/mol. The first-order valence-corrected chi connectivity index (χ1v) is 8.31. The molecule has 0 aliphatic carbocycles. The Bertz CT molecular complexity index is 889. The molecule has 126 valence electrons. The molecule has 1 aliphatic rings. The van der Waals surface area contributed by atoms with Crippen molar-refractivity contribution in [3.8, 4) is 11.3 Å². The fraction of sp³-hybridized carbons (Fsp3) is 0.200. The van der Waals surface area contributed by atoms with Crippen molar-refractivity contribution in [2.45, 2.75) is 25.6 Å². The van der Waals surface area contributed by atoms with Gasteiger partial charge in [-0.15, -0.1) is 0 Å². The number of nitrogens with two attached hydrogens (primary N) is 1. The number of hydrogen-bond acceptors (Lipinski definition) is 4. The zero-order valence-electron chi connectivity index (χ0n) is 13.8. The minimum absolute atomic E-state index is 0.315. The second-order valence-corrected chi connectivity index (χ2v) is 6.28. The van der Waals surface area contributed by atoms with Gasteiger partial charge in [0.25, 0.3) is 0 Å². The van der Waals surface area contributed by atoms with Gasteiger partial charge in [-0.05, 0) is 17.5 Å². The van der Waals surface area contributed by atoms with Gasteiger partial charge < -0.3 is 10.2 Å². The first kappa shape index (κ1) is 15.6. The maximum atomic E-state index is 11.9. The fourth-order valence-corrected chi connectivity index (χ4v) is 3.32. The quantitative estimate of drug-likeness (QED) is 0.797. The Morgan fingerprint density at radius 2 is 1.84 bits per heavy atom. The summed E-state index contributed by atoms with van der Waals surface area (Å²) in [6.45, 7) is 1.11. The molecular formula is C20H19N3O2. The number of fused-ring (bicyclic) bond motifs is 1. The lowest BCUT2D eigenvalue weighted by molar-refractivity contribution is -0.124. The molecule has 2 heterocycles. The molecule has 1 aromatic heterocycles. The molecule has 4 rings (SSSR count). The van der Waals surface area contributed by atoms with E-state index in [2.05, 4.69) is 17.1 Å². The summed E-state index contributed by atoms with van der Waals surface area (Å²) in [6.07, 6.45) is 2.35. The summed E-state index contributed by atoms with van der Waals surface area (Å²) in [4.78, 5) is 18.3. The first-order valence-electron chi connectivity index (χ1n) is 8.31. The van der Waals surface area contributed by atoms with Gasteiger partial charge in [-0.2, -0.15) is 0 Å². The third kappa shape index (κ3) is 3.19. The second-order valence-electron chi connectivity index (χ2n) is 6.28. The highest BCUT2D eigenvalue weighted by atomic mass is 16.4. The third-order valence-electron chi connectivity index (χ3n) is 4.62. The van der Waals surface area contributed by atoms with E-state index in [1.807, 2.05) is 47.4 Å². The normalized spacial score (nSPS) is 17.2. The largest absolute Gasteiger partial charge is 0.439 e. The van der Waals surface area contributed by atoms with E-state index < -0.39 is 0 Å². The van der Waals surface area contributed by atoms with Gasteiger partial charge >= 0.3 is 0 Å². The molecule has 1 unspecified atom stereocenters. The van der Waals surface area contributed by atoms with Crippen LogP contribution in [0.1, 0.15) is 17.0 Å². The van der Waals surface area contributed by atoms with Crippen LogP contribution in [-0.4, -0.2) is 21.8 Å². The van der Waals surface area contributed by atoms with E-state index in [1.54, 1.807) is 6.20 Å². The molecule has 25 heavy (non-hydrogen) atoms. The SMILES string of the molecule is NC(=O)C1Cc2ccccc2CN1Cc1ncc(-c2ccccc2)o1. The molecular weight excluding hydrogens is 314 g/mol. The van der Waals surface area contributed by atoms with E-state index in [-0.39, 0.29) is 11.9 Å². The maximum Gasteiger partial charge on any atom is 0.235 e. The Balaban J connectivity index is 1.57. The summed E-state index contributed by atoms with van der Waals surface area (Å²) in [6, 6.07) is 17.6. The van der Waals surface area contributed by atoms with Crippen LogP contribution in [0.3, 0.4) is 0 Å². The van der Waals surface area contributed by atoms with Crippen LogP contribution in [0.25, 0.3) is 11.3 Å². The van der Waals surface area contributed by atoms with Gasteiger partial charge in [-0.1, -0.05) is 54.6 Å². The predicted octanol–water partition coefficient (Wildman–Crippen LogP) is 2.75. The van der Waals surface area contributed by atoms with Crippen LogP contribution in [-0.2, 0) is 24.3 Å². The van der Waals surface area contributed by atoms with Gasteiger partial charge in [-0.3, -0.25) is 9.69 Å². The van der Waals surface area contributed by atoms with Crippen LogP contribution in [0.4, 0.5) is 0 Å². The lowest BCUT2D eigenvalue weighted by Crippen LogP contribution is -2.48. The summed E-state index contributed by atoms with van der Waals surface area (Å²) >= 11 is 0. The monoisotopic (exact) mass is 333 g/mol. The first-order chi connectivity index (χ1) is 12.2. The molecule has 1 aliphatic heterocycles. The van der Waals surface area contributed by atoms with E-state index >= 15 is 0 Å². The number of amides is 1. The minimum atomic E-state index is -0.345. The number of carbonyl (C=O) groups is 1. The second kappa shape index (κ2) is 6.53. The number of oxazole rings is 1. The number of primary amides is 1. The molecule has 0 bridgehead atoms. The van der Waals surface area contributed by atoms with Crippen LogP contribution >= 0.6 is 0 Å². The summed E-state index contributed by atoms with van der Waals surface area (Å²) in [5, 5.41) is 0. The topological polar surface area (TPSA) is 72.4 Å². The Kier molecular flexibility index (Phi) is 4.07. The molecule has 5 heteroatoms. The Morgan fingerprint density at radius 1 is 1.12 bits per heavy atom. The van der Waals surface area contributed by atoms with Crippen molar-refractivity contribution in [3.63, 3.8) is 0 Å².